The number of nitrogens with zero attached hydrogens (tertiary/aromatic N) is 1. The number of nitrogens with one attached hydrogen (secondary N) is 1. The number of benzene rings is 1. The number of hydrogen-bond acceptors (Lipinski definition) is 3. The molecule has 114 valence electrons. The lowest BCUT2D eigenvalue weighted by Gasteiger charge is -2.26. The molecule has 1 aromatic heterocycles. The van der Waals surface area contributed by atoms with Crippen LogP contribution in [0, 0.1) is 0 Å². The fourth-order valence-corrected chi connectivity index (χ4v) is 2.56. The molecule has 2 aromatic rings. The zero-order valence-electron chi connectivity index (χ0n) is 13.3. The van der Waals surface area contributed by atoms with Crippen LogP contribution in [0.25, 0.3) is 0 Å². The average Bonchev–Trinajstić information content (AvgIpc) is 3.01. The summed E-state index contributed by atoms with van der Waals surface area (Å²) in [5.74, 6) is 1.02. The van der Waals surface area contributed by atoms with Crippen LogP contribution in [0.3, 0.4) is 0 Å². The van der Waals surface area contributed by atoms with E-state index in [0.29, 0.717) is 6.04 Å². The molecule has 0 radical (unpaired) electrons. The molecule has 0 fully saturated rings. The van der Waals surface area contributed by atoms with E-state index in [9.17, 15) is 0 Å². The fraction of sp³-hybridized carbons (Fsp3) is 0.444. The van der Waals surface area contributed by atoms with E-state index in [-0.39, 0.29) is 6.04 Å². The van der Waals surface area contributed by atoms with Crippen LogP contribution >= 0.6 is 0 Å². The van der Waals surface area contributed by atoms with Gasteiger partial charge in [0.05, 0.1) is 12.3 Å². The van der Waals surface area contributed by atoms with Gasteiger partial charge in [0.25, 0.3) is 0 Å². The zero-order chi connectivity index (χ0) is 15.1. The average molecular weight is 286 g/mol. The van der Waals surface area contributed by atoms with Crippen LogP contribution in [0.2, 0.25) is 0 Å². The first-order chi connectivity index (χ1) is 10.2. The maximum atomic E-state index is 5.56. The molecule has 3 nitrogen and oxygen atoms in total. The van der Waals surface area contributed by atoms with Crippen molar-refractivity contribution in [3.63, 3.8) is 0 Å². The van der Waals surface area contributed by atoms with Crippen LogP contribution in [0.5, 0.6) is 0 Å². The maximum absolute atomic E-state index is 5.56. The number of furan rings is 1. The van der Waals surface area contributed by atoms with Gasteiger partial charge in [-0.1, -0.05) is 37.3 Å². The predicted octanol–water partition coefficient (Wildman–Crippen LogP) is 3.49. The molecule has 0 amide bonds. The van der Waals surface area contributed by atoms with Gasteiger partial charge in [-0.25, -0.2) is 0 Å². The first-order valence-electron chi connectivity index (χ1n) is 7.67. The second-order valence-corrected chi connectivity index (χ2v) is 5.70. The summed E-state index contributed by atoms with van der Waals surface area (Å²) in [5.41, 5.74) is 1.39. The quantitative estimate of drug-likeness (QED) is 0.805. The minimum atomic E-state index is 0.268. The van der Waals surface area contributed by atoms with Crippen molar-refractivity contribution in [2.24, 2.45) is 0 Å². The van der Waals surface area contributed by atoms with Gasteiger partial charge in [-0.05, 0) is 44.6 Å². The third-order valence-electron chi connectivity index (χ3n) is 3.91. The van der Waals surface area contributed by atoms with Gasteiger partial charge in [-0.3, -0.25) is 4.90 Å². The Kier molecular flexibility index (Phi) is 6.03. The smallest absolute Gasteiger partial charge is 0.122 e. The van der Waals surface area contributed by atoms with Crippen molar-refractivity contribution >= 4 is 0 Å². The van der Waals surface area contributed by atoms with Gasteiger partial charge >= 0.3 is 0 Å². The molecule has 3 heteroatoms. The van der Waals surface area contributed by atoms with E-state index in [1.807, 2.05) is 12.1 Å². The fourth-order valence-electron chi connectivity index (χ4n) is 2.56. The Morgan fingerprint density at radius 2 is 1.86 bits per heavy atom. The molecule has 0 saturated carbocycles. The van der Waals surface area contributed by atoms with Gasteiger partial charge in [-0.15, -0.1) is 0 Å². The zero-order valence-corrected chi connectivity index (χ0v) is 13.3. The van der Waals surface area contributed by atoms with Gasteiger partial charge < -0.3 is 9.73 Å². The van der Waals surface area contributed by atoms with E-state index in [1.54, 1.807) is 6.26 Å². The summed E-state index contributed by atoms with van der Waals surface area (Å²) in [4.78, 5) is 2.20. The highest BCUT2D eigenvalue weighted by molar-refractivity contribution is 5.16. The van der Waals surface area contributed by atoms with Crippen molar-refractivity contribution in [2.75, 3.05) is 20.6 Å². The Labute approximate surface area is 128 Å². The molecule has 0 spiro atoms. The van der Waals surface area contributed by atoms with Crippen LogP contribution in [0.4, 0.5) is 0 Å². The highest BCUT2D eigenvalue weighted by Gasteiger charge is 2.18. The van der Waals surface area contributed by atoms with Gasteiger partial charge in [0.1, 0.15) is 5.76 Å². The van der Waals surface area contributed by atoms with Crippen LogP contribution < -0.4 is 5.32 Å². The Morgan fingerprint density at radius 1 is 1.10 bits per heavy atom. The summed E-state index contributed by atoms with van der Waals surface area (Å²) in [6, 6.07) is 15.4. The molecule has 0 saturated heterocycles. The summed E-state index contributed by atoms with van der Waals surface area (Å²) >= 11 is 0. The van der Waals surface area contributed by atoms with E-state index in [4.69, 9.17) is 4.42 Å². The van der Waals surface area contributed by atoms with E-state index in [2.05, 4.69) is 61.6 Å². The van der Waals surface area contributed by atoms with E-state index in [1.165, 1.54) is 5.56 Å². The molecule has 21 heavy (non-hydrogen) atoms. The van der Waals surface area contributed by atoms with Crippen molar-refractivity contribution in [2.45, 2.75) is 31.8 Å². The molecular formula is C18H26N2O. The normalized spacial score (nSPS) is 14.3. The molecular weight excluding hydrogens is 260 g/mol. The summed E-state index contributed by atoms with van der Waals surface area (Å²) in [6.45, 7) is 3.13. The molecule has 1 aromatic carbocycles. The van der Waals surface area contributed by atoms with Gasteiger partial charge in [0.2, 0.25) is 0 Å². The lowest BCUT2D eigenvalue weighted by atomic mass is 10.0. The van der Waals surface area contributed by atoms with Crippen LogP contribution in [0.1, 0.15) is 30.7 Å². The number of rotatable bonds is 8. The maximum Gasteiger partial charge on any atom is 0.122 e. The summed E-state index contributed by atoms with van der Waals surface area (Å²) in [5, 5.41) is 3.69. The van der Waals surface area contributed by atoms with Crippen molar-refractivity contribution in [1.29, 1.82) is 0 Å². The Hall–Kier alpha value is -1.58. The summed E-state index contributed by atoms with van der Waals surface area (Å²) in [6.07, 6.45) is 3.93. The molecule has 2 rings (SSSR count). The molecule has 1 N–H and O–H groups in total. The topological polar surface area (TPSA) is 28.4 Å². The Morgan fingerprint density at radius 3 is 2.43 bits per heavy atom. The highest BCUT2D eigenvalue weighted by Crippen LogP contribution is 2.18. The molecule has 0 aliphatic heterocycles. The minimum absolute atomic E-state index is 0.268. The lowest BCUT2D eigenvalue weighted by Crippen LogP contribution is -2.37. The third-order valence-corrected chi connectivity index (χ3v) is 3.91. The van der Waals surface area contributed by atoms with E-state index >= 15 is 0 Å². The van der Waals surface area contributed by atoms with Crippen molar-refractivity contribution in [1.82, 2.24) is 10.2 Å². The van der Waals surface area contributed by atoms with E-state index < -0.39 is 0 Å². The van der Waals surface area contributed by atoms with Gasteiger partial charge in [0.15, 0.2) is 0 Å². The molecule has 1 heterocycles. The highest BCUT2D eigenvalue weighted by atomic mass is 16.3. The standard InChI is InChI=1S/C18H26N2O/c1-4-16(13-15-9-6-5-7-10-15)19-14-17(20(2)3)18-11-8-12-21-18/h5-12,16-17,19H,4,13-14H2,1-3H3. The number of likely N-dealkylation sites (N-methyl/N-ethyl adjacent to an activating group) is 1. The SMILES string of the molecule is CCC(Cc1ccccc1)NCC(c1ccco1)N(C)C. The third kappa shape index (κ3) is 4.73. The van der Waals surface area contributed by atoms with Crippen molar-refractivity contribution < 1.29 is 4.42 Å². The molecule has 0 aliphatic carbocycles. The second-order valence-electron chi connectivity index (χ2n) is 5.70. The molecule has 0 aliphatic rings. The van der Waals surface area contributed by atoms with Gasteiger partial charge in [-0.2, -0.15) is 0 Å². The second kappa shape index (κ2) is 8.01. The van der Waals surface area contributed by atoms with Crippen LogP contribution in [-0.4, -0.2) is 31.6 Å². The molecule has 2 atom stereocenters. The van der Waals surface area contributed by atoms with E-state index in [0.717, 1.165) is 25.1 Å². The Balaban J connectivity index is 1.92. The van der Waals surface area contributed by atoms with Gasteiger partial charge in [0, 0.05) is 12.6 Å². The minimum Gasteiger partial charge on any atom is -0.468 e. The monoisotopic (exact) mass is 286 g/mol. The largest absolute Gasteiger partial charge is 0.468 e. The van der Waals surface area contributed by atoms with Crippen molar-refractivity contribution in [3.05, 3.63) is 60.1 Å². The van der Waals surface area contributed by atoms with Crippen LogP contribution in [0.15, 0.2) is 53.1 Å². The van der Waals surface area contributed by atoms with Crippen LogP contribution in [-0.2, 0) is 6.42 Å². The summed E-state index contributed by atoms with van der Waals surface area (Å²) < 4.78 is 5.56. The molecule has 0 bridgehead atoms. The Bertz CT molecular complexity index is 493. The number of hydrogen-bond donors (Lipinski definition) is 1. The lowest BCUT2D eigenvalue weighted by molar-refractivity contribution is 0.242. The molecule has 2 unspecified atom stereocenters. The van der Waals surface area contributed by atoms with Crippen molar-refractivity contribution in [3.8, 4) is 0 Å². The first kappa shape index (κ1) is 15.8. The summed E-state index contributed by atoms with van der Waals surface area (Å²) in [7, 11) is 4.18. The predicted molar refractivity (Wildman–Crippen MR) is 87.4 cm³/mol. The first-order valence-corrected chi connectivity index (χ1v) is 7.67.